The highest BCUT2D eigenvalue weighted by Crippen LogP contribution is 2.28. The number of aromatic nitrogens is 1. The molecule has 1 aromatic heterocycles. The van der Waals surface area contributed by atoms with Gasteiger partial charge in [-0.25, -0.2) is 0 Å². The SMILES string of the molecule is CCC1OC1CCc1ccccn1. The molecule has 2 atom stereocenters. The van der Waals surface area contributed by atoms with Crippen LogP contribution in [0.2, 0.25) is 0 Å². The summed E-state index contributed by atoms with van der Waals surface area (Å²) >= 11 is 0. The third-order valence-electron chi connectivity index (χ3n) is 2.50. The molecule has 0 saturated carbocycles. The molecule has 1 fully saturated rings. The van der Waals surface area contributed by atoms with E-state index in [4.69, 9.17) is 4.74 Å². The average Bonchev–Trinajstić information content (AvgIpc) is 2.95. The first-order valence-corrected chi connectivity index (χ1v) is 4.95. The quantitative estimate of drug-likeness (QED) is 0.659. The van der Waals surface area contributed by atoms with Gasteiger partial charge in [0.15, 0.2) is 0 Å². The highest BCUT2D eigenvalue weighted by atomic mass is 16.6. The van der Waals surface area contributed by atoms with Gasteiger partial charge in [-0.1, -0.05) is 13.0 Å². The van der Waals surface area contributed by atoms with Crippen molar-refractivity contribution >= 4 is 0 Å². The molecule has 2 rings (SSSR count). The first kappa shape index (κ1) is 8.70. The number of pyridine rings is 1. The van der Waals surface area contributed by atoms with E-state index in [-0.39, 0.29) is 0 Å². The van der Waals surface area contributed by atoms with E-state index < -0.39 is 0 Å². The summed E-state index contributed by atoms with van der Waals surface area (Å²) in [6, 6.07) is 6.06. The van der Waals surface area contributed by atoms with Crippen LogP contribution in [0.15, 0.2) is 24.4 Å². The largest absolute Gasteiger partial charge is 0.370 e. The van der Waals surface area contributed by atoms with Gasteiger partial charge in [-0.05, 0) is 31.4 Å². The van der Waals surface area contributed by atoms with Crippen LogP contribution >= 0.6 is 0 Å². The summed E-state index contributed by atoms with van der Waals surface area (Å²) in [4.78, 5) is 4.27. The van der Waals surface area contributed by atoms with Gasteiger partial charge in [0.25, 0.3) is 0 Å². The van der Waals surface area contributed by atoms with Crippen molar-refractivity contribution in [1.82, 2.24) is 4.98 Å². The van der Waals surface area contributed by atoms with E-state index in [9.17, 15) is 0 Å². The zero-order valence-corrected chi connectivity index (χ0v) is 7.94. The Morgan fingerprint density at radius 2 is 2.31 bits per heavy atom. The van der Waals surface area contributed by atoms with Crippen molar-refractivity contribution in [3.8, 4) is 0 Å². The minimum atomic E-state index is 0.506. The molecule has 1 aliphatic heterocycles. The lowest BCUT2D eigenvalue weighted by molar-refractivity contribution is 0.359. The molecular weight excluding hydrogens is 162 g/mol. The zero-order chi connectivity index (χ0) is 9.10. The van der Waals surface area contributed by atoms with E-state index in [1.54, 1.807) is 0 Å². The fraction of sp³-hybridized carbons (Fsp3) is 0.545. The molecule has 1 aromatic rings. The topological polar surface area (TPSA) is 25.4 Å². The lowest BCUT2D eigenvalue weighted by Gasteiger charge is -1.96. The molecule has 2 nitrogen and oxygen atoms in total. The maximum atomic E-state index is 5.46. The molecule has 0 radical (unpaired) electrons. The van der Waals surface area contributed by atoms with Gasteiger partial charge in [0.1, 0.15) is 0 Å². The molecule has 1 saturated heterocycles. The van der Waals surface area contributed by atoms with Crippen LogP contribution in [0.4, 0.5) is 0 Å². The molecule has 0 spiro atoms. The second-order valence-corrected chi connectivity index (χ2v) is 3.48. The first-order valence-electron chi connectivity index (χ1n) is 4.95. The van der Waals surface area contributed by atoms with E-state index in [0.717, 1.165) is 19.3 Å². The number of rotatable bonds is 4. The van der Waals surface area contributed by atoms with E-state index in [2.05, 4.69) is 18.0 Å². The van der Waals surface area contributed by atoms with Crippen LogP contribution < -0.4 is 0 Å². The van der Waals surface area contributed by atoms with Crippen LogP contribution in [0.5, 0.6) is 0 Å². The molecule has 0 N–H and O–H groups in total. The van der Waals surface area contributed by atoms with E-state index >= 15 is 0 Å². The smallest absolute Gasteiger partial charge is 0.0845 e. The van der Waals surface area contributed by atoms with Gasteiger partial charge in [0.2, 0.25) is 0 Å². The number of aryl methyl sites for hydroxylation is 1. The van der Waals surface area contributed by atoms with Gasteiger partial charge in [0, 0.05) is 11.9 Å². The Labute approximate surface area is 78.9 Å². The molecule has 2 heterocycles. The van der Waals surface area contributed by atoms with Crippen molar-refractivity contribution in [1.29, 1.82) is 0 Å². The number of nitrogens with zero attached hydrogens (tertiary/aromatic N) is 1. The fourth-order valence-electron chi connectivity index (χ4n) is 1.63. The average molecular weight is 177 g/mol. The number of hydrogen-bond acceptors (Lipinski definition) is 2. The highest BCUT2D eigenvalue weighted by molar-refractivity contribution is 5.04. The van der Waals surface area contributed by atoms with Crippen LogP contribution in [0.25, 0.3) is 0 Å². The van der Waals surface area contributed by atoms with E-state index in [1.807, 2.05) is 18.3 Å². The molecule has 70 valence electrons. The molecule has 2 heteroatoms. The predicted molar refractivity (Wildman–Crippen MR) is 51.5 cm³/mol. The Hall–Kier alpha value is -0.890. The third-order valence-corrected chi connectivity index (χ3v) is 2.50. The lowest BCUT2D eigenvalue weighted by Crippen LogP contribution is -1.96. The van der Waals surface area contributed by atoms with E-state index in [1.165, 1.54) is 5.69 Å². The Morgan fingerprint density at radius 1 is 1.38 bits per heavy atom. The summed E-state index contributed by atoms with van der Waals surface area (Å²) in [5, 5.41) is 0. The maximum absolute atomic E-state index is 5.46. The molecule has 13 heavy (non-hydrogen) atoms. The zero-order valence-electron chi connectivity index (χ0n) is 7.94. The molecule has 0 aliphatic carbocycles. The summed E-state index contributed by atoms with van der Waals surface area (Å²) in [5.41, 5.74) is 1.17. The van der Waals surface area contributed by atoms with Crippen molar-refractivity contribution in [2.75, 3.05) is 0 Å². The molecular formula is C11H15NO. The molecule has 1 aliphatic rings. The van der Waals surface area contributed by atoms with Crippen molar-refractivity contribution in [2.45, 2.75) is 38.4 Å². The predicted octanol–water partition coefficient (Wildman–Crippen LogP) is 2.19. The summed E-state index contributed by atoms with van der Waals surface area (Å²) in [6.45, 7) is 2.17. The lowest BCUT2D eigenvalue weighted by atomic mass is 10.1. The van der Waals surface area contributed by atoms with Crippen LogP contribution in [-0.2, 0) is 11.2 Å². The minimum Gasteiger partial charge on any atom is -0.370 e. The third kappa shape index (κ3) is 2.28. The van der Waals surface area contributed by atoms with Crippen molar-refractivity contribution < 1.29 is 4.74 Å². The fourth-order valence-corrected chi connectivity index (χ4v) is 1.63. The second kappa shape index (κ2) is 3.88. The second-order valence-electron chi connectivity index (χ2n) is 3.48. The Morgan fingerprint density at radius 3 is 2.92 bits per heavy atom. The summed E-state index contributed by atoms with van der Waals surface area (Å²) in [5.74, 6) is 0. The van der Waals surface area contributed by atoms with Gasteiger partial charge in [-0.2, -0.15) is 0 Å². The van der Waals surface area contributed by atoms with Gasteiger partial charge in [-0.15, -0.1) is 0 Å². The minimum absolute atomic E-state index is 0.506. The van der Waals surface area contributed by atoms with Gasteiger partial charge in [-0.3, -0.25) is 4.98 Å². The first-order chi connectivity index (χ1) is 6.40. The monoisotopic (exact) mass is 177 g/mol. The van der Waals surface area contributed by atoms with Crippen molar-refractivity contribution in [2.24, 2.45) is 0 Å². The number of ether oxygens (including phenoxy) is 1. The molecule has 2 unspecified atom stereocenters. The van der Waals surface area contributed by atoms with Gasteiger partial charge < -0.3 is 4.74 Å². The summed E-state index contributed by atoms with van der Waals surface area (Å²) in [6.07, 6.45) is 6.20. The van der Waals surface area contributed by atoms with Crippen LogP contribution in [0.3, 0.4) is 0 Å². The summed E-state index contributed by atoms with van der Waals surface area (Å²) < 4.78 is 5.46. The number of epoxide rings is 1. The standard InChI is InChI=1S/C11H15NO/c1-2-10-11(13-10)7-6-9-5-3-4-8-12-9/h3-5,8,10-11H,2,6-7H2,1H3. The van der Waals surface area contributed by atoms with Crippen LogP contribution in [0, 0.1) is 0 Å². The number of hydrogen-bond donors (Lipinski definition) is 0. The molecule has 0 aromatic carbocycles. The summed E-state index contributed by atoms with van der Waals surface area (Å²) in [7, 11) is 0. The van der Waals surface area contributed by atoms with Crippen molar-refractivity contribution in [3.63, 3.8) is 0 Å². The molecule has 0 amide bonds. The van der Waals surface area contributed by atoms with Crippen molar-refractivity contribution in [3.05, 3.63) is 30.1 Å². The van der Waals surface area contributed by atoms with Gasteiger partial charge >= 0.3 is 0 Å². The Bertz CT molecular complexity index is 260. The normalized spacial score (nSPS) is 25.9. The Balaban J connectivity index is 1.75. The molecule has 0 bridgehead atoms. The highest BCUT2D eigenvalue weighted by Gasteiger charge is 2.35. The van der Waals surface area contributed by atoms with Crippen LogP contribution in [-0.4, -0.2) is 17.2 Å². The van der Waals surface area contributed by atoms with Crippen LogP contribution in [0.1, 0.15) is 25.5 Å². The Kier molecular flexibility index (Phi) is 2.60. The van der Waals surface area contributed by atoms with E-state index in [0.29, 0.717) is 12.2 Å². The van der Waals surface area contributed by atoms with Gasteiger partial charge in [0.05, 0.1) is 12.2 Å². The maximum Gasteiger partial charge on any atom is 0.0845 e.